The standard InChI is InChI=1S/C9H12FN3O3/c10-6-3-5(4-14)16-8(6)13-2-1-7(11)12-9(13)15/h1-2,5-6,8,14H,3-4H2,(H2,11,12,15)/t5-,6-,8-/m1/s1. The first-order chi connectivity index (χ1) is 7.61. The third-order valence-corrected chi connectivity index (χ3v) is 2.46. The van der Waals surface area contributed by atoms with Gasteiger partial charge in [0, 0.05) is 12.6 Å². The Morgan fingerprint density at radius 2 is 2.50 bits per heavy atom. The predicted octanol–water partition coefficient (Wildman–Crippen LogP) is -0.557. The molecule has 0 unspecified atom stereocenters. The molecule has 0 radical (unpaired) electrons. The molecule has 1 aliphatic heterocycles. The van der Waals surface area contributed by atoms with E-state index in [1.54, 1.807) is 0 Å². The third-order valence-electron chi connectivity index (χ3n) is 2.46. The molecule has 1 aliphatic rings. The van der Waals surface area contributed by atoms with Crippen LogP contribution in [0.15, 0.2) is 17.1 Å². The van der Waals surface area contributed by atoms with Crippen LogP contribution in [-0.4, -0.2) is 33.5 Å². The molecule has 0 saturated carbocycles. The van der Waals surface area contributed by atoms with Gasteiger partial charge in [-0.1, -0.05) is 0 Å². The fraction of sp³-hybridized carbons (Fsp3) is 0.556. The number of alkyl halides is 1. The van der Waals surface area contributed by atoms with Gasteiger partial charge in [0.05, 0.1) is 12.7 Å². The third kappa shape index (κ3) is 1.91. The van der Waals surface area contributed by atoms with Crippen molar-refractivity contribution in [3.05, 3.63) is 22.7 Å². The molecule has 1 aromatic heterocycles. The average molecular weight is 229 g/mol. The highest BCUT2D eigenvalue weighted by molar-refractivity contribution is 5.23. The van der Waals surface area contributed by atoms with Gasteiger partial charge in [-0.3, -0.25) is 4.57 Å². The Morgan fingerprint density at radius 1 is 1.75 bits per heavy atom. The first-order valence-corrected chi connectivity index (χ1v) is 4.87. The molecule has 2 heterocycles. The van der Waals surface area contributed by atoms with Crippen molar-refractivity contribution in [2.75, 3.05) is 12.3 Å². The summed E-state index contributed by atoms with van der Waals surface area (Å²) in [7, 11) is 0. The van der Waals surface area contributed by atoms with Crippen LogP contribution in [0, 0.1) is 0 Å². The van der Waals surface area contributed by atoms with E-state index in [0.29, 0.717) is 0 Å². The van der Waals surface area contributed by atoms with Crippen LogP contribution in [0.25, 0.3) is 0 Å². The SMILES string of the molecule is Nc1ccn([C@@H]2O[C@@H](CO)C[C@H]2F)c(=O)n1. The minimum atomic E-state index is -1.33. The summed E-state index contributed by atoms with van der Waals surface area (Å²) in [5, 5.41) is 8.85. The van der Waals surface area contributed by atoms with E-state index in [1.165, 1.54) is 12.3 Å². The lowest BCUT2D eigenvalue weighted by molar-refractivity contribution is -0.0393. The molecule has 2 rings (SSSR count). The normalized spacial score (nSPS) is 29.5. The van der Waals surface area contributed by atoms with Crippen molar-refractivity contribution in [1.82, 2.24) is 9.55 Å². The monoisotopic (exact) mass is 229 g/mol. The molecule has 0 aromatic carbocycles. The highest BCUT2D eigenvalue weighted by Crippen LogP contribution is 2.29. The van der Waals surface area contributed by atoms with E-state index >= 15 is 0 Å². The van der Waals surface area contributed by atoms with Crippen molar-refractivity contribution in [1.29, 1.82) is 0 Å². The van der Waals surface area contributed by atoms with E-state index in [0.717, 1.165) is 4.57 Å². The van der Waals surface area contributed by atoms with Gasteiger partial charge in [-0.2, -0.15) is 4.98 Å². The summed E-state index contributed by atoms with van der Waals surface area (Å²) in [6.07, 6.45) is -1.54. The molecule has 0 amide bonds. The van der Waals surface area contributed by atoms with Crippen LogP contribution in [0.2, 0.25) is 0 Å². The Hall–Kier alpha value is -1.47. The highest BCUT2D eigenvalue weighted by atomic mass is 19.1. The Labute approximate surface area is 90.5 Å². The van der Waals surface area contributed by atoms with Gasteiger partial charge in [-0.05, 0) is 6.07 Å². The number of rotatable bonds is 2. The molecular weight excluding hydrogens is 217 g/mol. The van der Waals surface area contributed by atoms with Gasteiger partial charge in [0.15, 0.2) is 6.23 Å². The molecule has 3 atom stereocenters. The van der Waals surface area contributed by atoms with Gasteiger partial charge in [0.1, 0.15) is 12.0 Å². The Balaban J connectivity index is 2.28. The number of aromatic nitrogens is 2. The first-order valence-electron chi connectivity index (χ1n) is 4.87. The zero-order chi connectivity index (χ0) is 11.7. The van der Waals surface area contributed by atoms with Gasteiger partial charge in [-0.15, -0.1) is 0 Å². The molecule has 0 aliphatic carbocycles. The second-order valence-corrected chi connectivity index (χ2v) is 3.63. The van der Waals surface area contributed by atoms with Crippen LogP contribution in [0.3, 0.4) is 0 Å². The van der Waals surface area contributed by atoms with E-state index in [4.69, 9.17) is 15.6 Å². The number of hydrogen-bond donors (Lipinski definition) is 2. The maximum Gasteiger partial charge on any atom is 0.351 e. The van der Waals surface area contributed by atoms with Crippen LogP contribution in [0.4, 0.5) is 10.2 Å². The Kier molecular flexibility index (Phi) is 2.88. The Bertz CT molecular complexity index is 436. The molecule has 16 heavy (non-hydrogen) atoms. The lowest BCUT2D eigenvalue weighted by atomic mass is 10.2. The molecule has 7 heteroatoms. The number of hydrogen-bond acceptors (Lipinski definition) is 5. The van der Waals surface area contributed by atoms with E-state index in [-0.39, 0.29) is 18.8 Å². The summed E-state index contributed by atoms with van der Waals surface area (Å²) < 4.78 is 19.8. The molecule has 1 aromatic rings. The first kappa shape index (κ1) is 11.0. The van der Waals surface area contributed by atoms with E-state index < -0.39 is 24.2 Å². The maximum atomic E-state index is 13.5. The van der Waals surface area contributed by atoms with Crippen molar-refractivity contribution >= 4 is 5.82 Å². The largest absolute Gasteiger partial charge is 0.394 e. The molecular formula is C9H12FN3O3. The number of nitrogens with two attached hydrogens (primary N) is 1. The highest BCUT2D eigenvalue weighted by Gasteiger charge is 2.36. The molecule has 1 fully saturated rings. The Morgan fingerprint density at radius 3 is 3.06 bits per heavy atom. The maximum absolute atomic E-state index is 13.5. The van der Waals surface area contributed by atoms with Crippen LogP contribution < -0.4 is 11.4 Å². The van der Waals surface area contributed by atoms with Crippen molar-refractivity contribution < 1.29 is 14.2 Å². The van der Waals surface area contributed by atoms with Crippen LogP contribution in [-0.2, 0) is 4.74 Å². The second-order valence-electron chi connectivity index (χ2n) is 3.63. The zero-order valence-electron chi connectivity index (χ0n) is 8.41. The lowest BCUT2D eigenvalue weighted by Crippen LogP contribution is -2.30. The van der Waals surface area contributed by atoms with Gasteiger partial charge < -0.3 is 15.6 Å². The molecule has 1 saturated heterocycles. The molecule has 0 bridgehead atoms. The molecule has 88 valence electrons. The van der Waals surface area contributed by atoms with Gasteiger partial charge in [0.25, 0.3) is 0 Å². The topological polar surface area (TPSA) is 90.4 Å². The number of aliphatic hydroxyl groups excluding tert-OH is 1. The van der Waals surface area contributed by atoms with Crippen molar-refractivity contribution in [3.8, 4) is 0 Å². The fourth-order valence-electron chi connectivity index (χ4n) is 1.68. The van der Waals surface area contributed by atoms with E-state index in [1.807, 2.05) is 0 Å². The quantitative estimate of drug-likeness (QED) is 0.709. The number of nitrogen functional groups attached to an aromatic ring is 1. The average Bonchev–Trinajstić information content (AvgIpc) is 2.60. The molecule has 3 N–H and O–H groups in total. The summed E-state index contributed by atoms with van der Waals surface area (Å²) in [6, 6.07) is 1.39. The summed E-state index contributed by atoms with van der Waals surface area (Å²) in [5.41, 5.74) is 4.65. The predicted molar refractivity (Wildman–Crippen MR) is 53.4 cm³/mol. The van der Waals surface area contributed by atoms with Gasteiger partial charge >= 0.3 is 5.69 Å². The zero-order valence-corrected chi connectivity index (χ0v) is 8.41. The summed E-state index contributed by atoms with van der Waals surface area (Å²) in [6.45, 7) is -0.270. The fourth-order valence-corrected chi connectivity index (χ4v) is 1.68. The van der Waals surface area contributed by atoms with E-state index in [2.05, 4.69) is 4.98 Å². The number of nitrogens with zero attached hydrogens (tertiary/aromatic N) is 2. The van der Waals surface area contributed by atoms with E-state index in [9.17, 15) is 9.18 Å². The van der Waals surface area contributed by atoms with Crippen LogP contribution in [0.5, 0.6) is 0 Å². The molecule has 6 nitrogen and oxygen atoms in total. The van der Waals surface area contributed by atoms with Crippen LogP contribution in [0.1, 0.15) is 12.6 Å². The van der Waals surface area contributed by atoms with Gasteiger partial charge in [0.2, 0.25) is 0 Å². The number of ether oxygens (including phenoxy) is 1. The van der Waals surface area contributed by atoms with Crippen molar-refractivity contribution in [2.24, 2.45) is 0 Å². The molecule has 0 spiro atoms. The second kappa shape index (κ2) is 4.18. The number of anilines is 1. The number of halogens is 1. The van der Waals surface area contributed by atoms with Crippen molar-refractivity contribution in [3.63, 3.8) is 0 Å². The summed E-state index contributed by atoms with van der Waals surface area (Å²) >= 11 is 0. The minimum absolute atomic E-state index is 0.0674. The smallest absolute Gasteiger partial charge is 0.351 e. The minimum Gasteiger partial charge on any atom is -0.394 e. The van der Waals surface area contributed by atoms with Gasteiger partial charge in [-0.25, -0.2) is 9.18 Å². The lowest BCUT2D eigenvalue weighted by Gasteiger charge is -2.15. The number of aliphatic hydroxyl groups is 1. The van der Waals surface area contributed by atoms with Crippen LogP contribution >= 0.6 is 0 Å². The van der Waals surface area contributed by atoms with Crippen molar-refractivity contribution in [2.45, 2.75) is 24.9 Å². The summed E-state index contributed by atoms with van der Waals surface area (Å²) in [5.74, 6) is 0.0772. The summed E-state index contributed by atoms with van der Waals surface area (Å²) in [4.78, 5) is 14.9.